The molecule has 0 unspecified atom stereocenters. The summed E-state index contributed by atoms with van der Waals surface area (Å²) >= 11 is 1.41. The first-order valence-corrected chi connectivity index (χ1v) is 7.70. The van der Waals surface area contributed by atoms with Gasteiger partial charge in [0.2, 0.25) is 0 Å². The highest BCUT2D eigenvalue weighted by atomic mass is 32.2. The van der Waals surface area contributed by atoms with Gasteiger partial charge in [-0.15, -0.1) is 10.2 Å². The molecule has 0 spiro atoms. The molecular weight excluding hydrogens is 307 g/mol. The Labute approximate surface area is 132 Å². The summed E-state index contributed by atoms with van der Waals surface area (Å²) in [6, 6.07) is 2.96. The van der Waals surface area contributed by atoms with Gasteiger partial charge in [-0.2, -0.15) is 0 Å². The molecular formula is C14H19FN4O2S. The number of rotatable bonds is 7. The van der Waals surface area contributed by atoms with Crippen LogP contribution < -0.4 is 15.2 Å². The number of nitrogens with two attached hydrogens (primary N) is 1. The Hall–Kier alpha value is -1.80. The molecule has 6 nitrogen and oxygen atoms in total. The summed E-state index contributed by atoms with van der Waals surface area (Å²) in [6.07, 6.45) is 0.661. The molecule has 22 heavy (non-hydrogen) atoms. The van der Waals surface area contributed by atoms with Crippen LogP contribution in [0.25, 0.3) is 0 Å². The van der Waals surface area contributed by atoms with Crippen molar-refractivity contribution in [2.75, 3.05) is 20.8 Å². The van der Waals surface area contributed by atoms with Crippen LogP contribution in [0, 0.1) is 5.82 Å². The van der Waals surface area contributed by atoms with Gasteiger partial charge in [0.25, 0.3) is 0 Å². The van der Waals surface area contributed by atoms with Crippen molar-refractivity contribution < 1.29 is 13.9 Å². The van der Waals surface area contributed by atoms with E-state index in [1.165, 1.54) is 32.0 Å². The van der Waals surface area contributed by atoms with Crippen molar-refractivity contribution in [3.8, 4) is 11.5 Å². The predicted molar refractivity (Wildman–Crippen MR) is 82.8 cm³/mol. The minimum absolute atomic E-state index is 0.338. The highest BCUT2D eigenvalue weighted by molar-refractivity contribution is 7.98. The molecule has 8 heteroatoms. The lowest BCUT2D eigenvalue weighted by molar-refractivity contribution is 0.352. The van der Waals surface area contributed by atoms with Crippen molar-refractivity contribution in [2.24, 2.45) is 12.8 Å². The quantitative estimate of drug-likeness (QED) is 0.782. The molecule has 0 aliphatic heterocycles. The largest absolute Gasteiger partial charge is 0.493 e. The van der Waals surface area contributed by atoms with Crippen LogP contribution in [0.1, 0.15) is 11.4 Å². The minimum atomic E-state index is -0.338. The number of nitrogens with zero attached hydrogens (tertiary/aromatic N) is 3. The lowest BCUT2D eigenvalue weighted by atomic mass is 10.2. The van der Waals surface area contributed by atoms with Crippen LogP contribution in [0.15, 0.2) is 17.3 Å². The Morgan fingerprint density at radius 1 is 1.23 bits per heavy atom. The van der Waals surface area contributed by atoms with Gasteiger partial charge in [0, 0.05) is 30.9 Å². The number of aromatic nitrogens is 3. The van der Waals surface area contributed by atoms with Gasteiger partial charge in [0.15, 0.2) is 16.7 Å². The number of ether oxygens (including phenoxy) is 2. The summed E-state index contributed by atoms with van der Waals surface area (Å²) in [6.45, 7) is 0.515. The summed E-state index contributed by atoms with van der Waals surface area (Å²) in [5.74, 6) is 1.77. The van der Waals surface area contributed by atoms with Gasteiger partial charge in [-0.25, -0.2) is 4.39 Å². The van der Waals surface area contributed by atoms with E-state index in [-0.39, 0.29) is 5.82 Å². The van der Waals surface area contributed by atoms with Crippen molar-refractivity contribution in [3.05, 3.63) is 29.3 Å². The number of hydrogen-bond donors (Lipinski definition) is 1. The molecule has 1 aromatic heterocycles. The Kier molecular flexibility index (Phi) is 5.62. The maximum atomic E-state index is 14.1. The Morgan fingerprint density at radius 3 is 2.55 bits per heavy atom. The van der Waals surface area contributed by atoms with E-state index in [0.29, 0.717) is 35.8 Å². The molecule has 2 N–H and O–H groups in total. The molecule has 2 rings (SSSR count). The van der Waals surface area contributed by atoms with Gasteiger partial charge in [0.1, 0.15) is 11.6 Å². The molecule has 1 heterocycles. The van der Waals surface area contributed by atoms with Crippen LogP contribution in [0.5, 0.6) is 11.5 Å². The first kappa shape index (κ1) is 16.6. The second-order valence-electron chi connectivity index (χ2n) is 4.58. The number of hydrogen-bond acceptors (Lipinski definition) is 6. The second kappa shape index (κ2) is 7.46. The fraction of sp³-hybridized carbons (Fsp3) is 0.429. The number of halogens is 1. The van der Waals surface area contributed by atoms with Gasteiger partial charge < -0.3 is 19.8 Å². The summed E-state index contributed by atoms with van der Waals surface area (Å²) in [7, 11) is 4.87. The zero-order chi connectivity index (χ0) is 16.1. The third-order valence-corrected chi connectivity index (χ3v) is 4.27. The van der Waals surface area contributed by atoms with E-state index in [1.807, 2.05) is 11.6 Å². The maximum absolute atomic E-state index is 14.1. The van der Waals surface area contributed by atoms with Gasteiger partial charge >= 0.3 is 0 Å². The summed E-state index contributed by atoms with van der Waals surface area (Å²) in [5, 5.41) is 8.89. The molecule has 0 radical (unpaired) electrons. The molecule has 1 aromatic carbocycles. The van der Waals surface area contributed by atoms with E-state index in [4.69, 9.17) is 15.2 Å². The van der Waals surface area contributed by atoms with Gasteiger partial charge in [-0.3, -0.25) is 0 Å². The van der Waals surface area contributed by atoms with Crippen molar-refractivity contribution in [2.45, 2.75) is 17.3 Å². The summed E-state index contributed by atoms with van der Waals surface area (Å²) in [5.41, 5.74) is 6.04. The Morgan fingerprint density at radius 2 is 1.91 bits per heavy atom. The molecule has 0 amide bonds. The number of thioether (sulfide) groups is 1. The van der Waals surface area contributed by atoms with Crippen LogP contribution in [-0.4, -0.2) is 35.5 Å². The fourth-order valence-electron chi connectivity index (χ4n) is 1.97. The highest BCUT2D eigenvalue weighted by Gasteiger charge is 2.14. The molecule has 0 aliphatic rings. The first-order valence-electron chi connectivity index (χ1n) is 6.72. The number of methoxy groups -OCH3 is 2. The van der Waals surface area contributed by atoms with E-state index in [1.54, 1.807) is 6.07 Å². The molecule has 0 bridgehead atoms. The predicted octanol–water partition coefficient (Wildman–Crippen LogP) is 1.76. The standard InChI is InChI=1S/C14H19FN4O2S/c1-19-13(4-5-16)17-18-14(19)22-8-9-6-11(20-2)12(21-3)7-10(9)15/h6-7H,4-5,8,16H2,1-3H3. The first-order chi connectivity index (χ1) is 10.6. The van der Waals surface area contributed by atoms with E-state index >= 15 is 0 Å². The topological polar surface area (TPSA) is 75.2 Å². The third-order valence-electron chi connectivity index (χ3n) is 3.20. The SMILES string of the molecule is COc1cc(F)c(CSc2nnc(CCN)n2C)cc1OC. The minimum Gasteiger partial charge on any atom is -0.493 e. The highest BCUT2D eigenvalue weighted by Crippen LogP contribution is 2.32. The lowest BCUT2D eigenvalue weighted by Crippen LogP contribution is -2.08. The molecule has 120 valence electrons. The van der Waals surface area contributed by atoms with E-state index in [9.17, 15) is 4.39 Å². The van der Waals surface area contributed by atoms with Gasteiger partial charge in [-0.05, 0) is 12.6 Å². The van der Waals surface area contributed by atoms with Gasteiger partial charge in [-0.1, -0.05) is 11.8 Å². The Balaban J connectivity index is 2.14. The average molecular weight is 326 g/mol. The second-order valence-corrected chi connectivity index (χ2v) is 5.53. The van der Waals surface area contributed by atoms with Crippen LogP contribution in [0.3, 0.4) is 0 Å². The zero-order valence-electron chi connectivity index (χ0n) is 12.8. The van der Waals surface area contributed by atoms with Crippen LogP contribution >= 0.6 is 11.8 Å². The summed E-state index contributed by atoms with van der Waals surface area (Å²) < 4.78 is 26.2. The normalized spacial score (nSPS) is 10.8. The van der Waals surface area contributed by atoms with Crippen molar-refractivity contribution >= 4 is 11.8 Å². The third kappa shape index (κ3) is 3.50. The smallest absolute Gasteiger partial charge is 0.191 e. The fourth-order valence-corrected chi connectivity index (χ4v) is 2.87. The van der Waals surface area contributed by atoms with Crippen LogP contribution in [0.4, 0.5) is 4.39 Å². The molecule has 0 saturated carbocycles. The average Bonchev–Trinajstić information content (AvgIpc) is 2.87. The summed E-state index contributed by atoms with van der Waals surface area (Å²) in [4.78, 5) is 0. The van der Waals surface area contributed by atoms with Crippen molar-refractivity contribution in [1.29, 1.82) is 0 Å². The maximum Gasteiger partial charge on any atom is 0.191 e. The van der Waals surface area contributed by atoms with Crippen LogP contribution in [0.2, 0.25) is 0 Å². The Bertz CT molecular complexity index is 648. The molecule has 0 aliphatic carbocycles. The molecule has 0 fully saturated rings. The van der Waals surface area contributed by atoms with Crippen LogP contribution in [-0.2, 0) is 19.2 Å². The lowest BCUT2D eigenvalue weighted by Gasteiger charge is -2.10. The zero-order valence-corrected chi connectivity index (χ0v) is 13.6. The molecule has 0 atom stereocenters. The monoisotopic (exact) mass is 326 g/mol. The van der Waals surface area contributed by atoms with Gasteiger partial charge in [0.05, 0.1) is 14.2 Å². The molecule has 0 saturated heterocycles. The molecule has 2 aromatic rings. The number of benzene rings is 1. The van der Waals surface area contributed by atoms with E-state index in [2.05, 4.69) is 10.2 Å². The van der Waals surface area contributed by atoms with E-state index in [0.717, 1.165) is 11.0 Å². The van der Waals surface area contributed by atoms with Crippen molar-refractivity contribution in [1.82, 2.24) is 14.8 Å². The van der Waals surface area contributed by atoms with E-state index < -0.39 is 0 Å². The van der Waals surface area contributed by atoms with Crippen molar-refractivity contribution in [3.63, 3.8) is 0 Å².